The molecule has 2 heterocycles. The SMILES string of the molecule is CNCc1ccc(N2CCN(c3ccccc3)CC2)nc1. The zero-order valence-corrected chi connectivity index (χ0v) is 12.5. The molecule has 0 amide bonds. The van der Waals surface area contributed by atoms with Crippen LogP contribution in [0.5, 0.6) is 0 Å². The minimum Gasteiger partial charge on any atom is -0.368 e. The average molecular weight is 282 g/mol. The van der Waals surface area contributed by atoms with Crippen molar-refractivity contribution >= 4 is 11.5 Å². The molecule has 4 nitrogen and oxygen atoms in total. The molecule has 3 rings (SSSR count). The van der Waals surface area contributed by atoms with Crippen LogP contribution in [0.3, 0.4) is 0 Å². The summed E-state index contributed by atoms with van der Waals surface area (Å²) in [6.45, 7) is 5.00. The molecule has 1 aromatic heterocycles. The van der Waals surface area contributed by atoms with Crippen molar-refractivity contribution < 1.29 is 0 Å². The fourth-order valence-corrected chi connectivity index (χ4v) is 2.74. The van der Waals surface area contributed by atoms with Gasteiger partial charge in [-0.25, -0.2) is 4.98 Å². The first-order valence-corrected chi connectivity index (χ1v) is 7.51. The Balaban J connectivity index is 1.60. The Labute approximate surface area is 126 Å². The Morgan fingerprint density at radius 2 is 1.67 bits per heavy atom. The van der Waals surface area contributed by atoms with E-state index < -0.39 is 0 Å². The van der Waals surface area contributed by atoms with Crippen LogP contribution in [0.15, 0.2) is 48.7 Å². The number of aromatic nitrogens is 1. The summed E-state index contributed by atoms with van der Waals surface area (Å²) >= 11 is 0. The lowest BCUT2D eigenvalue weighted by Crippen LogP contribution is -2.46. The van der Waals surface area contributed by atoms with Crippen molar-refractivity contribution in [2.75, 3.05) is 43.0 Å². The molecule has 1 fully saturated rings. The van der Waals surface area contributed by atoms with E-state index in [1.54, 1.807) is 0 Å². The minimum atomic E-state index is 0.870. The Morgan fingerprint density at radius 1 is 0.952 bits per heavy atom. The number of anilines is 2. The second-order valence-corrected chi connectivity index (χ2v) is 5.36. The van der Waals surface area contributed by atoms with Crippen molar-refractivity contribution in [3.8, 4) is 0 Å². The van der Waals surface area contributed by atoms with Crippen LogP contribution in [0.2, 0.25) is 0 Å². The summed E-state index contributed by atoms with van der Waals surface area (Å²) in [5.41, 5.74) is 2.54. The van der Waals surface area contributed by atoms with Crippen molar-refractivity contribution in [3.05, 3.63) is 54.2 Å². The highest BCUT2D eigenvalue weighted by molar-refractivity contribution is 5.49. The lowest BCUT2D eigenvalue weighted by Gasteiger charge is -2.36. The van der Waals surface area contributed by atoms with E-state index in [0.717, 1.165) is 38.5 Å². The lowest BCUT2D eigenvalue weighted by atomic mass is 10.2. The van der Waals surface area contributed by atoms with Gasteiger partial charge in [0.1, 0.15) is 5.82 Å². The fourth-order valence-electron chi connectivity index (χ4n) is 2.74. The number of benzene rings is 1. The summed E-state index contributed by atoms with van der Waals surface area (Å²) < 4.78 is 0. The van der Waals surface area contributed by atoms with Gasteiger partial charge in [-0.1, -0.05) is 24.3 Å². The summed E-state index contributed by atoms with van der Waals surface area (Å²) in [5.74, 6) is 1.09. The molecule has 1 aromatic carbocycles. The third kappa shape index (κ3) is 3.34. The standard InChI is InChI=1S/C17H22N4/c1-18-13-15-7-8-17(19-14-15)21-11-9-20(10-12-21)16-5-3-2-4-6-16/h2-8,14,18H,9-13H2,1H3. The third-order valence-corrected chi connectivity index (χ3v) is 3.92. The van der Waals surface area contributed by atoms with E-state index >= 15 is 0 Å². The lowest BCUT2D eigenvalue weighted by molar-refractivity contribution is 0.647. The predicted octanol–water partition coefficient (Wildman–Crippen LogP) is 2.13. The summed E-state index contributed by atoms with van der Waals surface area (Å²) in [7, 11) is 1.96. The summed E-state index contributed by atoms with van der Waals surface area (Å²) in [6, 6.07) is 14.9. The molecular formula is C17H22N4. The molecule has 0 bridgehead atoms. The van der Waals surface area contributed by atoms with Gasteiger partial charge in [-0.2, -0.15) is 0 Å². The molecule has 0 atom stereocenters. The first-order chi connectivity index (χ1) is 10.4. The van der Waals surface area contributed by atoms with Crippen LogP contribution in [0, 0.1) is 0 Å². The number of hydrogen-bond donors (Lipinski definition) is 1. The monoisotopic (exact) mass is 282 g/mol. The van der Waals surface area contributed by atoms with Crippen molar-refractivity contribution in [2.45, 2.75) is 6.54 Å². The van der Waals surface area contributed by atoms with Crippen LogP contribution in [0.4, 0.5) is 11.5 Å². The highest BCUT2D eigenvalue weighted by Gasteiger charge is 2.17. The summed E-state index contributed by atoms with van der Waals surface area (Å²) in [5, 5.41) is 3.15. The molecule has 1 N–H and O–H groups in total. The van der Waals surface area contributed by atoms with Gasteiger partial charge in [0.25, 0.3) is 0 Å². The number of para-hydroxylation sites is 1. The maximum absolute atomic E-state index is 4.59. The predicted molar refractivity (Wildman–Crippen MR) is 87.9 cm³/mol. The van der Waals surface area contributed by atoms with Crippen LogP contribution in [0.1, 0.15) is 5.56 Å². The molecule has 21 heavy (non-hydrogen) atoms. The van der Waals surface area contributed by atoms with E-state index in [1.807, 2.05) is 13.2 Å². The smallest absolute Gasteiger partial charge is 0.128 e. The zero-order chi connectivity index (χ0) is 14.5. The third-order valence-electron chi connectivity index (χ3n) is 3.92. The number of rotatable bonds is 4. The van der Waals surface area contributed by atoms with Gasteiger partial charge >= 0.3 is 0 Å². The van der Waals surface area contributed by atoms with Crippen LogP contribution >= 0.6 is 0 Å². The molecule has 1 aliphatic rings. The van der Waals surface area contributed by atoms with Crippen molar-refractivity contribution in [3.63, 3.8) is 0 Å². The van der Waals surface area contributed by atoms with Crippen LogP contribution in [-0.4, -0.2) is 38.2 Å². The molecule has 110 valence electrons. The molecule has 0 aliphatic carbocycles. The van der Waals surface area contributed by atoms with Crippen molar-refractivity contribution in [1.82, 2.24) is 10.3 Å². The van der Waals surface area contributed by atoms with Crippen LogP contribution < -0.4 is 15.1 Å². The molecule has 4 heteroatoms. The number of pyridine rings is 1. The number of nitrogens with zero attached hydrogens (tertiary/aromatic N) is 3. The minimum absolute atomic E-state index is 0.870. The maximum Gasteiger partial charge on any atom is 0.128 e. The maximum atomic E-state index is 4.59. The second kappa shape index (κ2) is 6.59. The van der Waals surface area contributed by atoms with Crippen molar-refractivity contribution in [2.24, 2.45) is 0 Å². The largest absolute Gasteiger partial charge is 0.368 e. The second-order valence-electron chi connectivity index (χ2n) is 5.36. The molecule has 1 saturated heterocycles. The Kier molecular flexibility index (Phi) is 4.36. The Bertz CT molecular complexity index is 545. The van der Waals surface area contributed by atoms with Gasteiger partial charge in [0.2, 0.25) is 0 Å². The number of nitrogens with one attached hydrogen (secondary N) is 1. The average Bonchev–Trinajstić information content (AvgIpc) is 2.57. The summed E-state index contributed by atoms with van der Waals surface area (Å²) in [6.07, 6.45) is 1.97. The molecule has 0 unspecified atom stereocenters. The topological polar surface area (TPSA) is 31.4 Å². The van der Waals surface area contributed by atoms with E-state index in [0.29, 0.717) is 0 Å². The van der Waals surface area contributed by atoms with Crippen molar-refractivity contribution in [1.29, 1.82) is 0 Å². The van der Waals surface area contributed by atoms with Crippen LogP contribution in [-0.2, 0) is 6.54 Å². The van der Waals surface area contributed by atoms with Gasteiger partial charge < -0.3 is 15.1 Å². The Morgan fingerprint density at radius 3 is 2.29 bits per heavy atom. The van der Waals surface area contributed by atoms with Gasteiger partial charge in [-0.05, 0) is 30.8 Å². The van der Waals surface area contributed by atoms with Gasteiger partial charge in [0.15, 0.2) is 0 Å². The van der Waals surface area contributed by atoms with Gasteiger partial charge in [0.05, 0.1) is 0 Å². The van der Waals surface area contributed by atoms with E-state index in [2.05, 4.69) is 62.6 Å². The first-order valence-electron chi connectivity index (χ1n) is 7.51. The van der Waals surface area contributed by atoms with Crippen LogP contribution in [0.25, 0.3) is 0 Å². The normalized spacial score (nSPS) is 15.3. The van der Waals surface area contributed by atoms with E-state index in [1.165, 1.54) is 11.3 Å². The number of piperazine rings is 1. The molecule has 0 radical (unpaired) electrons. The fraction of sp³-hybridized carbons (Fsp3) is 0.353. The molecule has 1 aliphatic heterocycles. The quantitative estimate of drug-likeness (QED) is 0.931. The highest BCUT2D eigenvalue weighted by atomic mass is 15.3. The van der Waals surface area contributed by atoms with Gasteiger partial charge in [0, 0.05) is 44.6 Å². The molecule has 2 aromatic rings. The van der Waals surface area contributed by atoms with Gasteiger partial charge in [-0.15, -0.1) is 0 Å². The zero-order valence-electron chi connectivity index (χ0n) is 12.5. The summed E-state index contributed by atoms with van der Waals surface area (Å²) in [4.78, 5) is 9.39. The van der Waals surface area contributed by atoms with E-state index in [9.17, 15) is 0 Å². The number of hydrogen-bond acceptors (Lipinski definition) is 4. The Hall–Kier alpha value is -2.07. The molecular weight excluding hydrogens is 260 g/mol. The molecule has 0 saturated carbocycles. The highest BCUT2D eigenvalue weighted by Crippen LogP contribution is 2.19. The molecule has 0 spiro atoms. The van der Waals surface area contributed by atoms with Gasteiger partial charge in [-0.3, -0.25) is 0 Å². The van der Waals surface area contributed by atoms with E-state index in [-0.39, 0.29) is 0 Å². The first kappa shape index (κ1) is 13.9. The van der Waals surface area contributed by atoms with E-state index in [4.69, 9.17) is 0 Å².